The van der Waals surface area contributed by atoms with Gasteiger partial charge in [-0.2, -0.15) is 0 Å². The second kappa shape index (κ2) is 9.24. The molecular formula is C24H29N3O3. The Kier molecular flexibility index (Phi) is 6.70. The molecule has 6 nitrogen and oxygen atoms in total. The molecule has 0 saturated heterocycles. The van der Waals surface area contributed by atoms with Crippen LogP contribution < -0.4 is 10.5 Å². The van der Waals surface area contributed by atoms with Crippen LogP contribution in [0.4, 0.5) is 0 Å². The van der Waals surface area contributed by atoms with Crippen molar-refractivity contribution in [1.82, 2.24) is 9.80 Å². The lowest BCUT2D eigenvalue weighted by Crippen LogP contribution is -2.44. The average Bonchev–Trinajstić information content (AvgIpc) is 2.77. The Morgan fingerprint density at radius 1 is 1.00 bits per heavy atom. The third kappa shape index (κ3) is 3.64. The van der Waals surface area contributed by atoms with Gasteiger partial charge in [-0.3, -0.25) is 14.5 Å². The van der Waals surface area contributed by atoms with Gasteiger partial charge in [0.15, 0.2) is 0 Å². The molecule has 1 aliphatic rings. The second-order valence-corrected chi connectivity index (χ2v) is 7.06. The minimum atomic E-state index is -0.262. The van der Waals surface area contributed by atoms with E-state index in [1.54, 1.807) is 19.2 Å². The zero-order chi connectivity index (χ0) is 21.8. The van der Waals surface area contributed by atoms with E-state index >= 15 is 0 Å². The molecule has 0 aromatic heterocycles. The Bertz CT molecular complexity index is 1090. The van der Waals surface area contributed by atoms with E-state index < -0.39 is 0 Å². The minimum absolute atomic E-state index is 0.256. The molecule has 4 rings (SSSR count). The first kappa shape index (κ1) is 21.7. The fourth-order valence-corrected chi connectivity index (χ4v) is 3.91. The van der Waals surface area contributed by atoms with Crippen LogP contribution in [0.2, 0.25) is 0 Å². The first-order chi connectivity index (χ1) is 14.6. The maximum atomic E-state index is 13.4. The molecule has 0 saturated carbocycles. The number of hydrogen-bond acceptors (Lipinski definition) is 5. The summed E-state index contributed by atoms with van der Waals surface area (Å²) in [6.45, 7) is 6.14. The highest BCUT2D eigenvalue weighted by molar-refractivity contribution is 6.31. The smallest absolute Gasteiger partial charge is 0.262 e. The third-order valence-corrected chi connectivity index (χ3v) is 5.36. The molecule has 1 heterocycles. The number of likely N-dealkylation sites (N-methyl/N-ethyl adjacent to an activating group) is 1. The van der Waals surface area contributed by atoms with Crippen molar-refractivity contribution >= 4 is 33.4 Å². The molecule has 6 heteroatoms. The van der Waals surface area contributed by atoms with Crippen molar-refractivity contribution in [2.24, 2.45) is 5.73 Å². The van der Waals surface area contributed by atoms with Gasteiger partial charge in [-0.1, -0.05) is 38.1 Å². The maximum absolute atomic E-state index is 13.4. The van der Waals surface area contributed by atoms with Crippen molar-refractivity contribution in [2.45, 2.75) is 13.8 Å². The number of fused-ring (bicyclic) bond motifs is 2. The van der Waals surface area contributed by atoms with Crippen molar-refractivity contribution in [3.63, 3.8) is 0 Å². The highest BCUT2D eigenvalue weighted by Crippen LogP contribution is 2.39. The largest absolute Gasteiger partial charge is 0.496 e. The standard InChI is InChI=1S/C22H23N3O3.C2H6/c1-24(10-9-23)11-12-25-21(26)16-7-8-18(28-2)17-13-14-5-3-4-6-15(14)20(19(16)17)22(25)27;1-2/h3-8,13H,9-12,23H2,1-2H3;1-2H3. The highest BCUT2D eigenvalue weighted by Gasteiger charge is 2.34. The average molecular weight is 408 g/mol. The SMILES string of the molecule is CC.COc1ccc2c3c(c4ccccc4cc13)C(=O)N(CCN(C)CCN)C2=O. The van der Waals surface area contributed by atoms with Crippen LogP contribution in [0.5, 0.6) is 5.75 Å². The molecule has 3 aromatic rings. The number of benzene rings is 3. The van der Waals surface area contributed by atoms with Crippen molar-refractivity contribution in [3.8, 4) is 5.75 Å². The molecular weight excluding hydrogens is 378 g/mol. The van der Waals surface area contributed by atoms with Crippen molar-refractivity contribution in [2.75, 3.05) is 40.3 Å². The minimum Gasteiger partial charge on any atom is -0.496 e. The number of hydrogen-bond donors (Lipinski definition) is 1. The van der Waals surface area contributed by atoms with Gasteiger partial charge < -0.3 is 15.4 Å². The number of nitrogens with two attached hydrogens (primary N) is 1. The van der Waals surface area contributed by atoms with E-state index in [2.05, 4.69) is 0 Å². The van der Waals surface area contributed by atoms with Crippen LogP contribution in [0.25, 0.3) is 21.5 Å². The molecule has 0 spiro atoms. The van der Waals surface area contributed by atoms with E-state index in [9.17, 15) is 9.59 Å². The summed E-state index contributed by atoms with van der Waals surface area (Å²) in [6, 6.07) is 13.3. The van der Waals surface area contributed by atoms with Gasteiger partial charge in [0.25, 0.3) is 11.8 Å². The van der Waals surface area contributed by atoms with Gasteiger partial charge in [-0.15, -0.1) is 0 Å². The number of rotatable bonds is 6. The van der Waals surface area contributed by atoms with Crippen LogP contribution in [-0.4, -0.2) is 62.0 Å². The number of carbonyl (C=O) groups is 2. The Morgan fingerprint density at radius 3 is 2.43 bits per heavy atom. The quantitative estimate of drug-likeness (QED) is 0.500. The van der Waals surface area contributed by atoms with Gasteiger partial charge in [0.1, 0.15) is 5.75 Å². The van der Waals surface area contributed by atoms with Gasteiger partial charge in [-0.05, 0) is 36.0 Å². The van der Waals surface area contributed by atoms with Gasteiger partial charge in [0.05, 0.1) is 12.7 Å². The predicted octanol–water partition coefficient (Wildman–Crippen LogP) is 3.51. The molecule has 2 N–H and O–H groups in total. The lowest BCUT2D eigenvalue weighted by atomic mass is 9.89. The number of ether oxygens (including phenoxy) is 1. The zero-order valence-electron chi connectivity index (χ0n) is 18.1. The summed E-state index contributed by atoms with van der Waals surface area (Å²) in [7, 11) is 3.53. The number of carbonyl (C=O) groups excluding carboxylic acids is 2. The number of amides is 2. The van der Waals surface area contributed by atoms with Crippen LogP contribution in [0, 0.1) is 0 Å². The van der Waals surface area contributed by atoms with Crippen LogP contribution in [0.3, 0.4) is 0 Å². The molecule has 1 aliphatic heterocycles. The number of nitrogens with zero attached hydrogens (tertiary/aromatic N) is 2. The van der Waals surface area contributed by atoms with E-state index in [0.29, 0.717) is 48.4 Å². The first-order valence-electron chi connectivity index (χ1n) is 10.3. The number of imide groups is 1. The van der Waals surface area contributed by atoms with Gasteiger partial charge in [-0.25, -0.2) is 0 Å². The van der Waals surface area contributed by atoms with E-state index in [1.807, 2.05) is 56.1 Å². The van der Waals surface area contributed by atoms with E-state index in [-0.39, 0.29) is 11.8 Å². The van der Waals surface area contributed by atoms with E-state index in [1.165, 1.54) is 4.90 Å². The lowest BCUT2D eigenvalue weighted by Gasteiger charge is -2.30. The van der Waals surface area contributed by atoms with Gasteiger partial charge in [0.2, 0.25) is 0 Å². The maximum Gasteiger partial charge on any atom is 0.262 e. The molecule has 2 amide bonds. The summed E-state index contributed by atoms with van der Waals surface area (Å²) in [5.41, 5.74) is 6.71. The molecule has 3 aromatic carbocycles. The normalized spacial score (nSPS) is 13.1. The van der Waals surface area contributed by atoms with Crippen molar-refractivity contribution in [3.05, 3.63) is 53.6 Å². The van der Waals surface area contributed by atoms with Gasteiger partial charge >= 0.3 is 0 Å². The van der Waals surface area contributed by atoms with E-state index in [0.717, 1.165) is 16.2 Å². The Morgan fingerprint density at radius 2 is 1.73 bits per heavy atom. The van der Waals surface area contributed by atoms with E-state index in [4.69, 9.17) is 10.5 Å². The molecule has 30 heavy (non-hydrogen) atoms. The summed E-state index contributed by atoms with van der Waals surface area (Å²) < 4.78 is 5.50. The number of methoxy groups -OCH3 is 1. The molecule has 0 radical (unpaired) electrons. The van der Waals surface area contributed by atoms with Crippen molar-refractivity contribution in [1.29, 1.82) is 0 Å². The van der Waals surface area contributed by atoms with Gasteiger partial charge in [0, 0.05) is 42.5 Å². The van der Waals surface area contributed by atoms with Crippen LogP contribution >= 0.6 is 0 Å². The van der Waals surface area contributed by atoms with Crippen LogP contribution in [0.1, 0.15) is 34.6 Å². The fraction of sp³-hybridized carbons (Fsp3) is 0.333. The molecule has 0 aliphatic carbocycles. The summed E-state index contributed by atoms with van der Waals surface area (Å²) in [6.07, 6.45) is 0. The molecule has 0 atom stereocenters. The third-order valence-electron chi connectivity index (χ3n) is 5.36. The molecule has 158 valence electrons. The molecule has 0 fully saturated rings. The first-order valence-corrected chi connectivity index (χ1v) is 10.3. The Hall–Kier alpha value is -2.96. The summed E-state index contributed by atoms with van der Waals surface area (Å²) in [4.78, 5) is 29.9. The predicted molar refractivity (Wildman–Crippen MR) is 121 cm³/mol. The fourth-order valence-electron chi connectivity index (χ4n) is 3.91. The topological polar surface area (TPSA) is 75.9 Å². The van der Waals surface area contributed by atoms with Crippen LogP contribution in [-0.2, 0) is 0 Å². The second-order valence-electron chi connectivity index (χ2n) is 7.06. The summed E-state index contributed by atoms with van der Waals surface area (Å²) in [5, 5.41) is 3.26. The highest BCUT2D eigenvalue weighted by atomic mass is 16.5. The zero-order valence-corrected chi connectivity index (χ0v) is 18.1. The Labute approximate surface area is 177 Å². The Balaban J connectivity index is 0.00000124. The van der Waals surface area contributed by atoms with Crippen molar-refractivity contribution < 1.29 is 14.3 Å². The van der Waals surface area contributed by atoms with Crippen LogP contribution in [0.15, 0.2) is 42.5 Å². The summed E-state index contributed by atoms with van der Waals surface area (Å²) in [5.74, 6) is 0.137. The summed E-state index contributed by atoms with van der Waals surface area (Å²) >= 11 is 0. The molecule has 0 unspecified atom stereocenters. The lowest BCUT2D eigenvalue weighted by molar-refractivity contribution is 0.0599. The molecule has 0 bridgehead atoms. The monoisotopic (exact) mass is 407 g/mol.